The molecule has 0 unspecified atom stereocenters. The topological polar surface area (TPSA) is 39.4 Å². The lowest BCUT2D eigenvalue weighted by molar-refractivity contribution is 0.300. The van der Waals surface area contributed by atoms with Gasteiger partial charge in [-0.1, -0.05) is 48.5 Å². The molecular formula is C23H17FO3. The molecule has 0 spiro atoms. The van der Waals surface area contributed by atoms with Crippen molar-refractivity contribution in [3.8, 4) is 16.9 Å². The summed E-state index contributed by atoms with van der Waals surface area (Å²) in [5.41, 5.74) is 2.78. The zero-order valence-electron chi connectivity index (χ0n) is 14.7. The normalized spacial score (nSPS) is 10.9. The lowest BCUT2D eigenvalue weighted by atomic mass is 9.99. The lowest BCUT2D eigenvalue weighted by Gasteiger charge is -2.11. The molecular weight excluding hydrogens is 343 g/mol. The minimum Gasteiger partial charge on any atom is -0.489 e. The quantitative estimate of drug-likeness (QED) is 0.452. The van der Waals surface area contributed by atoms with Gasteiger partial charge in [-0.3, -0.25) is 0 Å². The molecule has 0 atom stereocenters. The minimum atomic E-state index is -0.369. The van der Waals surface area contributed by atoms with E-state index < -0.39 is 0 Å². The third-order valence-corrected chi connectivity index (χ3v) is 4.55. The summed E-state index contributed by atoms with van der Waals surface area (Å²) in [5.74, 6) is 0.286. The van der Waals surface area contributed by atoms with Gasteiger partial charge in [-0.25, -0.2) is 9.18 Å². The van der Waals surface area contributed by atoms with Crippen molar-refractivity contribution >= 4 is 11.0 Å². The molecule has 0 bridgehead atoms. The Hall–Kier alpha value is -3.40. The van der Waals surface area contributed by atoms with Crippen molar-refractivity contribution in [3.05, 3.63) is 100 Å². The van der Waals surface area contributed by atoms with E-state index in [1.807, 2.05) is 43.3 Å². The molecule has 0 saturated carbocycles. The summed E-state index contributed by atoms with van der Waals surface area (Å²) >= 11 is 0. The Labute approximate surface area is 155 Å². The summed E-state index contributed by atoms with van der Waals surface area (Å²) in [6.07, 6.45) is 0. The lowest BCUT2D eigenvalue weighted by Crippen LogP contribution is -2.06. The second-order valence-corrected chi connectivity index (χ2v) is 6.29. The molecule has 0 N–H and O–H groups in total. The van der Waals surface area contributed by atoms with E-state index in [1.165, 1.54) is 6.07 Å². The molecule has 0 fully saturated rings. The molecule has 0 aliphatic carbocycles. The van der Waals surface area contributed by atoms with Crippen LogP contribution in [0.25, 0.3) is 22.1 Å². The van der Waals surface area contributed by atoms with Crippen molar-refractivity contribution in [1.82, 2.24) is 0 Å². The van der Waals surface area contributed by atoms with Gasteiger partial charge in [0.15, 0.2) is 0 Å². The number of rotatable bonds is 4. The zero-order chi connectivity index (χ0) is 18.8. The maximum absolute atomic E-state index is 13.8. The van der Waals surface area contributed by atoms with Gasteiger partial charge in [0.1, 0.15) is 23.8 Å². The van der Waals surface area contributed by atoms with Gasteiger partial charge in [-0.15, -0.1) is 0 Å². The summed E-state index contributed by atoms with van der Waals surface area (Å²) in [5, 5.41) is 0.791. The van der Waals surface area contributed by atoms with Crippen LogP contribution in [0.1, 0.15) is 11.1 Å². The van der Waals surface area contributed by atoms with Gasteiger partial charge < -0.3 is 9.15 Å². The van der Waals surface area contributed by atoms with Crippen molar-refractivity contribution in [3.63, 3.8) is 0 Å². The van der Waals surface area contributed by atoms with Crippen molar-refractivity contribution in [2.45, 2.75) is 13.5 Å². The number of halogens is 1. The van der Waals surface area contributed by atoms with Gasteiger partial charge in [-0.2, -0.15) is 0 Å². The molecule has 0 radical (unpaired) electrons. The maximum atomic E-state index is 13.8. The predicted octanol–water partition coefficient (Wildman–Crippen LogP) is 5.49. The molecule has 3 aromatic carbocycles. The van der Waals surface area contributed by atoms with E-state index in [4.69, 9.17) is 9.15 Å². The monoisotopic (exact) mass is 360 g/mol. The third-order valence-electron chi connectivity index (χ3n) is 4.55. The number of fused-ring (bicyclic) bond motifs is 1. The van der Waals surface area contributed by atoms with Crippen LogP contribution >= 0.6 is 0 Å². The Morgan fingerprint density at radius 3 is 2.48 bits per heavy atom. The van der Waals surface area contributed by atoms with Crippen LogP contribution in [0.2, 0.25) is 0 Å². The molecule has 27 heavy (non-hydrogen) atoms. The number of hydrogen-bond acceptors (Lipinski definition) is 3. The fourth-order valence-corrected chi connectivity index (χ4v) is 3.14. The van der Waals surface area contributed by atoms with Crippen LogP contribution in [-0.4, -0.2) is 0 Å². The second-order valence-electron chi connectivity index (χ2n) is 6.29. The summed E-state index contributed by atoms with van der Waals surface area (Å²) in [6, 6.07) is 21.2. The SMILES string of the molecule is Cc1c(-c2ccccc2)c(=O)oc2ccc(OCc3ccccc3F)cc12. The van der Waals surface area contributed by atoms with Gasteiger partial charge in [-0.05, 0) is 42.3 Å². The summed E-state index contributed by atoms with van der Waals surface area (Å²) in [6.45, 7) is 2.02. The molecule has 0 aliphatic heterocycles. The highest BCUT2D eigenvalue weighted by atomic mass is 19.1. The van der Waals surface area contributed by atoms with Crippen LogP contribution in [0, 0.1) is 12.7 Å². The highest BCUT2D eigenvalue weighted by Gasteiger charge is 2.14. The average molecular weight is 360 g/mol. The fourth-order valence-electron chi connectivity index (χ4n) is 3.14. The number of benzene rings is 3. The van der Waals surface area contributed by atoms with Crippen molar-refractivity contribution in [2.24, 2.45) is 0 Å². The number of ether oxygens (including phenoxy) is 1. The van der Waals surface area contributed by atoms with Gasteiger partial charge in [0.25, 0.3) is 0 Å². The third kappa shape index (κ3) is 3.34. The van der Waals surface area contributed by atoms with Gasteiger partial charge in [0.05, 0.1) is 5.56 Å². The molecule has 134 valence electrons. The maximum Gasteiger partial charge on any atom is 0.344 e. The van der Waals surface area contributed by atoms with Gasteiger partial charge in [0, 0.05) is 10.9 Å². The molecule has 1 heterocycles. The van der Waals surface area contributed by atoms with E-state index >= 15 is 0 Å². The molecule has 0 amide bonds. The highest BCUT2D eigenvalue weighted by molar-refractivity contribution is 5.87. The number of aryl methyl sites for hydroxylation is 1. The minimum absolute atomic E-state index is 0.125. The van der Waals surface area contributed by atoms with Crippen molar-refractivity contribution in [2.75, 3.05) is 0 Å². The van der Waals surface area contributed by atoms with Crippen LogP contribution in [0.15, 0.2) is 82.0 Å². The first kappa shape index (κ1) is 17.0. The standard InChI is InChI=1S/C23H17FO3/c1-15-19-13-18(26-14-17-9-5-6-10-20(17)24)11-12-21(19)27-23(25)22(15)16-7-3-2-4-8-16/h2-13H,14H2,1H3. The zero-order valence-corrected chi connectivity index (χ0v) is 14.7. The van der Waals surface area contributed by atoms with Gasteiger partial charge in [0.2, 0.25) is 0 Å². The smallest absolute Gasteiger partial charge is 0.344 e. The molecule has 3 nitrogen and oxygen atoms in total. The van der Waals surface area contributed by atoms with E-state index in [2.05, 4.69) is 0 Å². The van der Waals surface area contributed by atoms with Crippen LogP contribution < -0.4 is 10.4 Å². The first-order valence-corrected chi connectivity index (χ1v) is 8.62. The predicted molar refractivity (Wildman–Crippen MR) is 103 cm³/mol. The first-order valence-electron chi connectivity index (χ1n) is 8.62. The van der Waals surface area contributed by atoms with E-state index in [0.717, 1.165) is 16.5 Å². The first-order chi connectivity index (χ1) is 13.1. The van der Waals surface area contributed by atoms with Crippen LogP contribution in [0.4, 0.5) is 4.39 Å². The average Bonchev–Trinajstić information content (AvgIpc) is 2.68. The largest absolute Gasteiger partial charge is 0.489 e. The molecule has 4 heteroatoms. The molecule has 4 rings (SSSR count). The second kappa shape index (κ2) is 7.08. The summed E-state index contributed by atoms with van der Waals surface area (Å²) in [7, 11) is 0. The van der Waals surface area contributed by atoms with Crippen LogP contribution in [-0.2, 0) is 6.61 Å². The van der Waals surface area contributed by atoms with Crippen LogP contribution in [0.3, 0.4) is 0 Å². The van der Waals surface area contributed by atoms with E-state index in [0.29, 0.717) is 22.5 Å². The Balaban J connectivity index is 1.73. The van der Waals surface area contributed by atoms with Gasteiger partial charge >= 0.3 is 5.63 Å². The van der Waals surface area contributed by atoms with Crippen molar-refractivity contribution < 1.29 is 13.5 Å². The van der Waals surface area contributed by atoms with E-state index in [1.54, 1.807) is 30.3 Å². The summed E-state index contributed by atoms with van der Waals surface area (Å²) in [4.78, 5) is 12.4. The molecule has 4 aromatic rings. The Bertz CT molecular complexity index is 1160. The Kier molecular flexibility index (Phi) is 4.47. The Morgan fingerprint density at radius 2 is 1.70 bits per heavy atom. The van der Waals surface area contributed by atoms with E-state index in [9.17, 15) is 9.18 Å². The molecule has 0 saturated heterocycles. The highest BCUT2D eigenvalue weighted by Crippen LogP contribution is 2.29. The summed E-state index contributed by atoms with van der Waals surface area (Å²) < 4.78 is 25.0. The number of hydrogen-bond donors (Lipinski definition) is 0. The molecule has 1 aromatic heterocycles. The van der Waals surface area contributed by atoms with Crippen LogP contribution in [0.5, 0.6) is 5.75 Å². The van der Waals surface area contributed by atoms with Crippen molar-refractivity contribution in [1.29, 1.82) is 0 Å². The van der Waals surface area contributed by atoms with E-state index in [-0.39, 0.29) is 18.0 Å². The molecule has 0 aliphatic rings. The Morgan fingerprint density at radius 1 is 0.963 bits per heavy atom. The fraction of sp³-hybridized carbons (Fsp3) is 0.0870.